The molecule has 2 amide bonds. The molecule has 2 N–H and O–H groups in total. The van der Waals surface area contributed by atoms with E-state index >= 15 is 0 Å². The Balaban J connectivity index is 1.63. The van der Waals surface area contributed by atoms with Crippen LogP contribution in [0.2, 0.25) is 0 Å². The molecule has 2 heterocycles. The van der Waals surface area contributed by atoms with Gasteiger partial charge in [-0.15, -0.1) is 10.2 Å². The second-order valence-electron chi connectivity index (χ2n) is 7.32. The quantitative estimate of drug-likeness (QED) is 0.907. The van der Waals surface area contributed by atoms with Crippen LogP contribution in [0.25, 0.3) is 0 Å². The molecule has 1 aliphatic heterocycles. The molecule has 1 aromatic carbocycles. The molecule has 1 aliphatic rings. The fourth-order valence-corrected chi connectivity index (χ4v) is 3.13. The molecule has 24 heavy (non-hydrogen) atoms. The van der Waals surface area contributed by atoms with E-state index in [4.69, 9.17) is 0 Å². The Morgan fingerprint density at radius 3 is 2.71 bits per heavy atom. The fourth-order valence-electron chi connectivity index (χ4n) is 3.13. The predicted octanol–water partition coefficient (Wildman–Crippen LogP) is 2.81. The van der Waals surface area contributed by atoms with Crippen molar-refractivity contribution in [1.29, 1.82) is 0 Å². The maximum Gasteiger partial charge on any atom is 0.315 e. The highest BCUT2D eigenvalue weighted by atomic mass is 16.2. The molecule has 2 aromatic rings. The smallest absolute Gasteiger partial charge is 0.315 e. The average molecular weight is 327 g/mol. The summed E-state index contributed by atoms with van der Waals surface area (Å²) in [6.07, 6.45) is 2.07. The number of carbonyl (C=O) groups is 1. The normalized spacial score (nSPS) is 15.0. The first-order chi connectivity index (χ1) is 11.4. The molecular weight excluding hydrogens is 302 g/mol. The van der Waals surface area contributed by atoms with Crippen LogP contribution in [0.1, 0.15) is 50.4 Å². The van der Waals surface area contributed by atoms with E-state index in [9.17, 15) is 4.79 Å². The summed E-state index contributed by atoms with van der Waals surface area (Å²) >= 11 is 0. The van der Waals surface area contributed by atoms with Gasteiger partial charge in [-0.3, -0.25) is 0 Å². The van der Waals surface area contributed by atoms with Gasteiger partial charge in [0, 0.05) is 13.0 Å². The minimum Gasteiger partial charge on any atom is -0.331 e. The van der Waals surface area contributed by atoms with Gasteiger partial charge in [-0.25, -0.2) is 4.79 Å². The van der Waals surface area contributed by atoms with Gasteiger partial charge >= 0.3 is 6.03 Å². The largest absolute Gasteiger partial charge is 0.331 e. The molecule has 0 bridgehead atoms. The number of aromatic nitrogens is 3. The fraction of sp³-hybridized carbons (Fsp3) is 0.500. The Labute approximate surface area is 142 Å². The molecule has 0 radical (unpaired) electrons. The molecule has 1 aromatic heterocycles. The number of amides is 2. The van der Waals surface area contributed by atoms with Gasteiger partial charge in [0.15, 0.2) is 5.82 Å². The van der Waals surface area contributed by atoms with Crippen LogP contribution in [-0.4, -0.2) is 20.8 Å². The summed E-state index contributed by atoms with van der Waals surface area (Å²) < 4.78 is 2.10. The van der Waals surface area contributed by atoms with Gasteiger partial charge in [0.05, 0.1) is 12.6 Å². The first-order valence-electron chi connectivity index (χ1n) is 8.45. The van der Waals surface area contributed by atoms with E-state index in [0.29, 0.717) is 6.54 Å². The van der Waals surface area contributed by atoms with Crippen LogP contribution in [0.3, 0.4) is 0 Å². The Morgan fingerprint density at radius 2 is 2.00 bits per heavy atom. The third kappa shape index (κ3) is 3.58. The van der Waals surface area contributed by atoms with E-state index in [0.717, 1.165) is 36.6 Å². The van der Waals surface area contributed by atoms with Crippen LogP contribution >= 0.6 is 0 Å². The van der Waals surface area contributed by atoms with Crippen molar-refractivity contribution >= 4 is 6.03 Å². The van der Waals surface area contributed by atoms with Crippen molar-refractivity contribution < 1.29 is 4.79 Å². The topological polar surface area (TPSA) is 71.8 Å². The zero-order chi connectivity index (χ0) is 17.2. The van der Waals surface area contributed by atoms with E-state index in [1.54, 1.807) is 0 Å². The molecule has 0 spiro atoms. The molecule has 3 rings (SSSR count). The zero-order valence-electron chi connectivity index (χ0n) is 14.5. The van der Waals surface area contributed by atoms with Crippen molar-refractivity contribution in [3.8, 4) is 0 Å². The number of rotatable bonds is 4. The van der Waals surface area contributed by atoms with Crippen molar-refractivity contribution in [3.05, 3.63) is 47.5 Å². The van der Waals surface area contributed by atoms with E-state index < -0.39 is 0 Å². The van der Waals surface area contributed by atoms with Crippen molar-refractivity contribution in [2.24, 2.45) is 5.41 Å². The lowest BCUT2D eigenvalue weighted by Crippen LogP contribution is -2.42. The number of nitrogens with one attached hydrogen (secondary N) is 2. The Morgan fingerprint density at radius 1 is 1.25 bits per heavy atom. The molecule has 0 fully saturated rings. The van der Waals surface area contributed by atoms with Gasteiger partial charge in [0.2, 0.25) is 0 Å². The molecule has 6 heteroatoms. The third-order valence-corrected chi connectivity index (χ3v) is 4.37. The third-order valence-electron chi connectivity index (χ3n) is 4.37. The lowest BCUT2D eigenvalue weighted by atomic mass is 9.82. The minimum absolute atomic E-state index is 0.0668. The standard InChI is InChI=1S/C18H25N5O/c1-18(2,3)16(13-8-5-4-6-9-13)20-17(24)19-12-15-22-21-14-10-7-11-23(14)15/h4-6,8-9,16H,7,10-12H2,1-3H3,(H2,19,20,24). The first kappa shape index (κ1) is 16.5. The van der Waals surface area contributed by atoms with E-state index in [2.05, 4.69) is 46.2 Å². The van der Waals surface area contributed by atoms with Gasteiger partial charge < -0.3 is 15.2 Å². The summed E-state index contributed by atoms with van der Waals surface area (Å²) in [7, 11) is 0. The van der Waals surface area contributed by atoms with E-state index in [-0.39, 0.29) is 17.5 Å². The molecule has 0 aliphatic carbocycles. The van der Waals surface area contributed by atoms with Crippen LogP contribution in [0.4, 0.5) is 4.79 Å². The number of benzene rings is 1. The molecule has 128 valence electrons. The Kier molecular flexibility index (Phi) is 4.55. The molecule has 1 atom stereocenters. The maximum atomic E-state index is 12.4. The van der Waals surface area contributed by atoms with Crippen molar-refractivity contribution in [1.82, 2.24) is 25.4 Å². The Hall–Kier alpha value is -2.37. The first-order valence-corrected chi connectivity index (χ1v) is 8.45. The number of hydrogen-bond acceptors (Lipinski definition) is 3. The van der Waals surface area contributed by atoms with Crippen LogP contribution in [0, 0.1) is 5.41 Å². The van der Waals surface area contributed by atoms with Crippen LogP contribution in [0.15, 0.2) is 30.3 Å². The number of fused-ring (bicyclic) bond motifs is 1. The highest BCUT2D eigenvalue weighted by Crippen LogP contribution is 2.32. The average Bonchev–Trinajstić information content (AvgIpc) is 3.14. The summed E-state index contributed by atoms with van der Waals surface area (Å²) in [5.74, 6) is 1.84. The number of urea groups is 1. The second-order valence-corrected chi connectivity index (χ2v) is 7.32. The summed E-state index contributed by atoms with van der Waals surface area (Å²) in [5, 5.41) is 14.3. The van der Waals surface area contributed by atoms with Gasteiger partial charge in [-0.2, -0.15) is 0 Å². The summed E-state index contributed by atoms with van der Waals surface area (Å²) in [5.41, 5.74) is 1.01. The number of carbonyl (C=O) groups excluding carboxylic acids is 1. The monoisotopic (exact) mass is 327 g/mol. The number of hydrogen-bond donors (Lipinski definition) is 2. The van der Waals surface area contributed by atoms with Gasteiger partial charge in [0.25, 0.3) is 0 Å². The minimum atomic E-state index is -0.186. The zero-order valence-corrected chi connectivity index (χ0v) is 14.5. The maximum absolute atomic E-state index is 12.4. The van der Waals surface area contributed by atoms with Crippen molar-refractivity contribution in [2.45, 2.75) is 52.7 Å². The Bertz CT molecular complexity index is 702. The predicted molar refractivity (Wildman–Crippen MR) is 92.4 cm³/mol. The summed E-state index contributed by atoms with van der Waals surface area (Å²) in [4.78, 5) is 12.4. The van der Waals surface area contributed by atoms with Crippen molar-refractivity contribution in [3.63, 3.8) is 0 Å². The number of nitrogens with zero attached hydrogens (tertiary/aromatic N) is 3. The van der Waals surface area contributed by atoms with Crippen LogP contribution in [0.5, 0.6) is 0 Å². The highest BCUT2D eigenvalue weighted by molar-refractivity contribution is 5.74. The lowest BCUT2D eigenvalue weighted by molar-refractivity contribution is 0.218. The molecule has 0 saturated heterocycles. The van der Waals surface area contributed by atoms with Crippen LogP contribution < -0.4 is 10.6 Å². The molecule has 6 nitrogen and oxygen atoms in total. The van der Waals surface area contributed by atoms with Gasteiger partial charge in [-0.1, -0.05) is 51.1 Å². The summed E-state index contributed by atoms with van der Waals surface area (Å²) in [6, 6.07) is 9.80. The van der Waals surface area contributed by atoms with Crippen LogP contribution in [-0.2, 0) is 19.5 Å². The lowest BCUT2D eigenvalue weighted by Gasteiger charge is -2.32. The van der Waals surface area contributed by atoms with Crippen molar-refractivity contribution in [2.75, 3.05) is 0 Å². The molecule has 0 saturated carbocycles. The molecule has 1 unspecified atom stereocenters. The van der Waals surface area contributed by atoms with Gasteiger partial charge in [0.1, 0.15) is 5.82 Å². The van der Waals surface area contributed by atoms with E-state index in [1.165, 1.54) is 0 Å². The highest BCUT2D eigenvalue weighted by Gasteiger charge is 2.28. The number of aryl methyl sites for hydroxylation is 1. The second kappa shape index (κ2) is 6.63. The van der Waals surface area contributed by atoms with E-state index in [1.807, 2.05) is 30.3 Å². The SMILES string of the molecule is CC(C)(C)C(NC(=O)NCc1nnc2n1CCC2)c1ccccc1. The van der Waals surface area contributed by atoms with Gasteiger partial charge in [-0.05, 0) is 17.4 Å². The summed E-state index contributed by atoms with van der Waals surface area (Å²) in [6.45, 7) is 7.70. The molecular formula is C18H25N5O.